The van der Waals surface area contributed by atoms with Gasteiger partial charge in [0.05, 0.1) is 6.10 Å². The molecule has 0 aromatic carbocycles. The van der Waals surface area contributed by atoms with Gasteiger partial charge >= 0.3 is 0 Å². The highest BCUT2D eigenvalue weighted by molar-refractivity contribution is 4.85. The van der Waals surface area contributed by atoms with Crippen LogP contribution in [-0.2, 0) is 0 Å². The highest BCUT2D eigenvalue weighted by Crippen LogP contribution is 2.28. The van der Waals surface area contributed by atoms with Crippen LogP contribution in [-0.4, -0.2) is 35.2 Å². The first-order valence-corrected chi connectivity index (χ1v) is 7.60. The number of piperidine rings is 1. The summed E-state index contributed by atoms with van der Waals surface area (Å²) in [5.74, 6) is 1.65. The second-order valence-electron chi connectivity index (χ2n) is 6.36. The smallest absolute Gasteiger partial charge is 0.0695 e. The quantitative estimate of drug-likeness (QED) is 0.760. The van der Waals surface area contributed by atoms with Gasteiger partial charge in [-0.15, -0.1) is 0 Å². The zero-order chi connectivity index (χ0) is 12.3. The van der Waals surface area contributed by atoms with Gasteiger partial charge < -0.3 is 5.11 Å². The molecule has 1 N–H and O–H groups in total. The summed E-state index contributed by atoms with van der Waals surface area (Å²) in [4.78, 5) is 2.58. The van der Waals surface area contributed by atoms with Gasteiger partial charge in [-0.2, -0.15) is 0 Å². The van der Waals surface area contributed by atoms with Gasteiger partial charge in [0.25, 0.3) is 0 Å². The van der Waals surface area contributed by atoms with E-state index in [1.165, 1.54) is 51.6 Å². The predicted octanol–water partition coefficient (Wildman–Crippen LogP) is 3.05. The number of aliphatic hydroxyl groups is 1. The molecule has 100 valence electrons. The molecule has 2 aliphatic rings. The van der Waals surface area contributed by atoms with Gasteiger partial charge in [-0.25, -0.2) is 0 Å². The third-order valence-corrected chi connectivity index (χ3v) is 5.03. The molecule has 0 amide bonds. The molecule has 2 fully saturated rings. The average Bonchev–Trinajstić information content (AvgIpc) is 2.28. The van der Waals surface area contributed by atoms with Gasteiger partial charge in [-0.3, -0.25) is 4.90 Å². The fraction of sp³-hybridized carbons (Fsp3) is 1.00. The summed E-state index contributed by atoms with van der Waals surface area (Å²) in [6.45, 7) is 7.14. The van der Waals surface area contributed by atoms with E-state index < -0.39 is 0 Å². The molecule has 17 heavy (non-hydrogen) atoms. The summed E-state index contributed by atoms with van der Waals surface area (Å²) in [5.41, 5.74) is 0. The molecular weight excluding hydrogens is 210 g/mol. The number of aliphatic hydroxyl groups excluding tert-OH is 1. The number of hydrogen-bond acceptors (Lipinski definition) is 2. The third kappa shape index (κ3) is 3.45. The summed E-state index contributed by atoms with van der Waals surface area (Å²) >= 11 is 0. The molecule has 2 nitrogen and oxygen atoms in total. The average molecular weight is 239 g/mol. The monoisotopic (exact) mass is 239 g/mol. The Morgan fingerprint density at radius 1 is 0.882 bits per heavy atom. The number of hydrogen-bond donors (Lipinski definition) is 1. The molecule has 4 unspecified atom stereocenters. The number of likely N-dealkylation sites (tertiary alicyclic amines) is 1. The van der Waals surface area contributed by atoms with E-state index in [-0.39, 0.29) is 6.10 Å². The Bertz CT molecular complexity index is 231. The Morgan fingerprint density at radius 3 is 2.29 bits per heavy atom. The maximum absolute atomic E-state index is 10.3. The van der Waals surface area contributed by atoms with Crippen LogP contribution in [0.25, 0.3) is 0 Å². The molecule has 2 heteroatoms. The first-order valence-electron chi connectivity index (χ1n) is 7.60. The van der Waals surface area contributed by atoms with Crippen LogP contribution in [0.2, 0.25) is 0 Å². The Morgan fingerprint density at radius 2 is 1.59 bits per heavy atom. The molecule has 1 saturated carbocycles. The van der Waals surface area contributed by atoms with Crippen molar-refractivity contribution < 1.29 is 5.11 Å². The van der Waals surface area contributed by atoms with Crippen molar-refractivity contribution in [3.63, 3.8) is 0 Å². The molecule has 1 heterocycles. The Balaban J connectivity index is 1.93. The standard InChI is InChI=1S/C15H29NO/c1-12-9-10-16(11-13(12)2)14-7-5-3-4-6-8-15(14)17/h12-15,17H,3-11H2,1-2H3. The summed E-state index contributed by atoms with van der Waals surface area (Å²) in [6, 6.07) is 0.449. The van der Waals surface area contributed by atoms with Crippen molar-refractivity contribution in [3.05, 3.63) is 0 Å². The summed E-state index contributed by atoms with van der Waals surface area (Å²) in [6.07, 6.45) is 8.67. The zero-order valence-electron chi connectivity index (χ0n) is 11.6. The van der Waals surface area contributed by atoms with Crippen molar-refractivity contribution in [2.75, 3.05) is 13.1 Å². The lowest BCUT2D eigenvalue weighted by atomic mass is 9.85. The van der Waals surface area contributed by atoms with E-state index in [9.17, 15) is 5.11 Å². The van der Waals surface area contributed by atoms with Crippen LogP contribution in [0.5, 0.6) is 0 Å². The van der Waals surface area contributed by atoms with Crippen LogP contribution in [0.15, 0.2) is 0 Å². The van der Waals surface area contributed by atoms with E-state index in [1.807, 2.05) is 0 Å². The lowest BCUT2D eigenvalue weighted by molar-refractivity contribution is 0.00158. The van der Waals surface area contributed by atoms with Crippen molar-refractivity contribution in [2.45, 2.75) is 70.9 Å². The molecule has 0 bridgehead atoms. The van der Waals surface area contributed by atoms with E-state index in [2.05, 4.69) is 18.7 Å². The molecule has 2 rings (SSSR count). The minimum atomic E-state index is -0.0732. The van der Waals surface area contributed by atoms with Gasteiger partial charge in [0, 0.05) is 12.6 Å². The minimum Gasteiger partial charge on any atom is -0.391 e. The molecular formula is C15H29NO. The van der Waals surface area contributed by atoms with Gasteiger partial charge in [0.1, 0.15) is 0 Å². The maximum atomic E-state index is 10.3. The Hall–Kier alpha value is -0.0800. The predicted molar refractivity (Wildman–Crippen MR) is 72.0 cm³/mol. The SMILES string of the molecule is CC1CCN(C2CCCCCCC2O)CC1C. The molecule has 4 atom stereocenters. The van der Waals surface area contributed by atoms with Crippen molar-refractivity contribution in [3.8, 4) is 0 Å². The lowest BCUT2D eigenvalue weighted by Gasteiger charge is -2.42. The highest BCUT2D eigenvalue weighted by Gasteiger charge is 2.31. The highest BCUT2D eigenvalue weighted by atomic mass is 16.3. The van der Waals surface area contributed by atoms with Crippen molar-refractivity contribution >= 4 is 0 Å². The fourth-order valence-electron chi connectivity index (χ4n) is 3.47. The van der Waals surface area contributed by atoms with Crippen molar-refractivity contribution in [1.82, 2.24) is 4.90 Å². The maximum Gasteiger partial charge on any atom is 0.0695 e. The van der Waals surface area contributed by atoms with E-state index >= 15 is 0 Å². The Kier molecular flexibility index (Phi) is 4.87. The molecule has 0 spiro atoms. The first kappa shape index (κ1) is 13.4. The van der Waals surface area contributed by atoms with E-state index in [0.717, 1.165) is 18.3 Å². The van der Waals surface area contributed by atoms with Crippen LogP contribution in [0.1, 0.15) is 58.8 Å². The van der Waals surface area contributed by atoms with Crippen molar-refractivity contribution in [2.24, 2.45) is 11.8 Å². The van der Waals surface area contributed by atoms with Gasteiger partial charge in [-0.1, -0.05) is 39.5 Å². The third-order valence-electron chi connectivity index (χ3n) is 5.03. The number of rotatable bonds is 1. The van der Waals surface area contributed by atoms with Crippen LogP contribution >= 0.6 is 0 Å². The largest absolute Gasteiger partial charge is 0.391 e. The number of nitrogens with zero attached hydrogens (tertiary/aromatic N) is 1. The molecule has 0 aromatic heterocycles. The van der Waals surface area contributed by atoms with Crippen LogP contribution in [0, 0.1) is 11.8 Å². The molecule has 1 aliphatic carbocycles. The summed E-state index contributed by atoms with van der Waals surface area (Å²) in [5, 5.41) is 10.3. The topological polar surface area (TPSA) is 23.5 Å². The normalized spacial score (nSPS) is 41.8. The van der Waals surface area contributed by atoms with E-state index in [4.69, 9.17) is 0 Å². The zero-order valence-corrected chi connectivity index (χ0v) is 11.6. The molecule has 1 saturated heterocycles. The molecule has 0 aromatic rings. The molecule has 0 radical (unpaired) electrons. The second kappa shape index (κ2) is 6.19. The van der Waals surface area contributed by atoms with Crippen molar-refractivity contribution in [1.29, 1.82) is 0 Å². The Labute approximate surface area is 106 Å². The van der Waals surface area contributed by atoms with E-state index in [1.54, 1.807) is 0 Å². The van der Waals surface area contributed by atoms with Crippen LogP contribution in [0.4, 0.5) is 0 Å². The van der Waals surface area contributed by atoms with Crippen LogP contribution < -0.4 is 0 Å². The van der Waals surface area contributed by atoms with Gasteiger partial charge in [0.2, 0.25) is 0 Å². The minimum absolute atomic E-state index is 0.0732. The second-order valence-corrected chi connectivity index (χ2v) is 6.36. The van der Waals surface area contributed by atoms with Gasteiger partial charge in [0.15, 0.2) is 0 Å². The fourth-order valence-corrected chi connectivity index (χ4v) is 3.47. The first-order chi connectivity index (χ1) is 8.18. The molecule has 1 aliphatic heterocycles. The summed E-state index contributed by atoms with van der Waals surface area (Å²) < 4.78 is 0. The van der Waals surface area contributed by atoms with Gasteiger partial charge in [-0.05, 0) is 37.6 Å². The van der Waals surface area contributed by atoms with Crippen LogP contribution in [0.3, 0.4) is 0 Å². The lowest BCUT2D eigenvalue weighted by Crippen LogP contribution is -2.50. The summed E-state index contributed by atoms with van der Waals surface area (Å²) in [7, 11) is 0. The van der Waals surface area contributed by atoms with E-state index in [0.29, 0.717) is 6.04 Å².